The molecule has 2 aromatic rings. The Hall–Kier alpha value is -2.34. The molecule has 0 heterocycles. The fraction of sp³-hybridized carbons (Fsp3) is 0.0714. The van der Waals surface area contributed by atoms with Crippen LogP contribution in [0.25, 0.3) is 0 Å². The first-order valence-electron chi connectivity index (χ1n) is 5.91. The molecule has 0 aliphatic rings. The number of para-hydroxylation sites is 1. The van der Waals surface area contributed by atoms with Crippen molar-refractivity contribution in [1.82, 2.24) is 0 Å². The molecule has 20 heavy (non-hydrogen) atoms. The fourth-order valence-corrected chi connectivity index (χ4v) is 3.37. The Bertz CT molecular complexity index is 712. The Morgan fingerprint density at radius 3 is 2.25 bits per heavy atom. The monoisotopic (exact) mass is 290 g/mol. The summed E-state index contributed by atoms with van der Waals surface area (Å²) in [7, 11) is -3.56. The molecule has 0 aromatic heterocycles. The number of primary amides is 1. The number of anilines is 1. The van der Waals surface area contributed by atoms with Gasteiger partial charge < -0.3 is 11.1 Å². The number of hydrogen-bond donors (Lipinski definition) is 2. The van der Waals surface area contributed by atoms with Gasteiger partial charge in [0.1, 0.15) is 0 Å². The second-order valence-electron chi connectivity index (χ2n) is 4.23. The summed E-state index contributed by atoms with van der Waals surface area (Å²) >= 11 is 0. The summed E-state index contributed by atoms with van der Waals surface area (Å²) in [5.41, 5.74) is 5.92. The molecule has 2 amide bonds. The highest BCUT2D eigenvalue weighted by atomic mass is 32.2. The van der Waals surface area contributed by atoms with E-state index in [1.807, 2.05) is 6.07 Å². The molecular formula is C14H14N2O3S. The van der Waals surface area contributed by atoms with Gasteiger partial charge in [0, 0.05) is 0 Å². The topological polar surface area (TPSA) is 89.3 Å². The quantitative estimate of drug-likeness (QED) is 0.904. The van der Waals surface area contributed by atoms with E-state index < -0.39 is 15.9 Å². The van der Waals surface area contributed by atoms with Crippen LogP contribution in [0.15, 0.2) is 59.5 Å². The van der Waals surface area contributed by atoms with E-state index in [4.69, 9.17) is 5.73 Å². The zero-order valence-corrected chi connectivity index (χ0v) is 11.4. The van der Waals surface area contributed by atoms with Crippen molar-refractivity contribution in [3.05, 3.63) is 60.2 Å². The molecule has 0 aliphatic carbocycles. The Morgan fingerprint density at radius 1 is 1.00 bits per heavy atom. The third-order valence-corrected chi connectivity index (χ3v) is 4.42. The molecule has 3 N–H and O–H groups in total. The SMILES string of the molecule is NC(=O)Nc1ccccc1S(=O)(=O)Cc1ccccc1. The minimum atomic E-state index is -3.56. The van der Waals surface area contributed by atoms with Crippen molar-refractivity contribution in [3.8, 4) is 0 Å². The number of nitrogens with two attached hydrogens (primary N) is 1. The van der Waals surface area contributed by atoms with Gasteiger partial charge in [-0.15, -0.1) is 0 Å². The fourth-order valence-electron chi connectivity index (χ4n) is 1.85. The second kappa shape index (κ2) is 5.75. The van der Waals surface area contributed by atoms with Crippen molar-refractivity contribution in [2.45, 2.75) is 10.6 Å². The lowest BCUT2D eigenvalue weighted by Crippen LogP contribution is -2.21. The molecule has 0 saturated heterocycles. The molecule has 104 valence electrons. The lowest BCUT2D eigenvalue weighted by atomic mass is 10.2. The first-order valence-corrected chi connectivity index (χ1v) is 7.56. The van der Waals surface area contributed by atoms with Crippen LogP contribution in [0.4, 0.5) is 10.5 Å². The van der Waals surface area contributed by atoms with Crippen LogP contribution in [0.1, 0.15) is 5.56 Å². The van der Waals surface area contributed by atoms with Crippen LogP contribution in [0.3, 0.4) is 0 Å². The maximum absolute atomic E-state index is 12.4. The van der Waals surface area contributed by atoms with Crippen LogP contribution in [0.5, 0.6) is 0 Å². The van der Waals surface area contributed by atoms with E-state index in [-0.39, 0.29) is 16.3 Å². The number of benzene rings is 2. The van der Waals surface area contributed by atoms with Crippen LogP contribution in [-0.4, -0.2) is 14.4 Å². The highest BCUT2D eigenvalue weighted by Gasteiger charge is 2.19. The summed E-state index contributed by atoms with van der Waals surface area (Å²) in [6, 6.07) is 14.2. The molecule has 2 rings (SSSR count). The van der Waals surface area contributed by atoms with Crippen LogP contribution in [-0.2, 0) is 15.6 Å². The van der Waals surface area contributed by atoms with Crippen molar-refractivity contribution in [2.24, 2.45) is 5.73 Å². The highest BCUT2D eigenvalue weighted by Crippen LogP contribution is 2.24. The molecule has 0 saturated carbocycles. The Balaban J connectivity index is 2.37. The van der Waals surface area contributed by atoms with Crippen LogP contribution in [0, 0.1) is 0 Å². The van der Waals surface area contributed by atoms with Crippen LogP contribution >= 0.6 is 0 Å². The van der Waals surface area contributed by atoms with Gasteiger partial charge in [-0.25, -0.2) is 13.2 Å². The molecule has 0 bridgehead atoms. The van der Waals surface area contributed by atoms with Crippen LogP contribution < -0.4 is 11.1 Å². The summed E-state index contributed by atoms with van der Waals surface area (Å²) in [5, 5.41) is 2.32. The zero-order chi connectivity index (χ0) is 14.6. The lowest BCUT2D eigenvalue weighted by molar-refractivity contribution is 0.259. The van der Waals surface area contributed by atoms with Crippen LogP contribution in [0.2, 0.25) is 0 Å². The molecular weight excluding hydrogens is 276 g/mol. The standard InChI is InChI=1S/C14H14N2O3S/c15-14(17)16-12-8-4-5-9-13(12)20(18,19)10-11-6-2-1-3-7-11/h1-9H,10H2,(H3,15,16,17). The third kappa shape index (κ3) is 3.36. The molecule has 0 fully saturated rings. The zero-order valence-electron chi connectivity index (χ0n) is 10.6. The molecule has 0 spiro atoms. The number of sulfone groups is 1. The van der Waals surface area contributed by atoms with Gasteiger partial charge in [0.2, 0.25) is 0 Å². The number of rotatable bonds is 4. The van der Waals surface area contributed by atoms with Crippen molar-refractivity contribution < 1.29 is 13.2 Å². The molecule has 0 aliphatic heterocycles. The van der Waals surface area contributed by atoms with E-state index in [9.17, 15) is 13.2 Å². The van der Waals surface area contributed by atoms with Gasteiger partial charge in [0.25, 0.3) is 0 Å². The van der Waals surface area contributed by atoms with Gasteiger partial charge in [0.15, 0.2) is 9.84 Å². The van der Waals surface area contributed by atoms with E-state index >= 15 is 0 Å². The normalized spacial score (nSPS) is 11.0. The van der Waals surface area contributed by atoms with E-state index in [0.29, 0.717) is 5.56 Å². The van der Waals surface area contributed by atoms with Gasteiger partial charge in [-0.05, 0) is 17.7 Å². The number of hydrogen-bond acceptors (Lipinski definition) is 3. The van der Waals surface area contributed by atoms with Crippen molar-refractivity contribution in [3.63, 3.8) is 0 Å². The maximum Gasteiger partial charge on any atom is 0.316 e. The third-order valence-electron chi connectivity index (χ3n) is 2.68. The number of carbonyl (C=O) groups excluding carboxylic acids is 1. The molecule has 0 radical (unpaired) electrons. The highest BCUT2D eigenvalue weighted by molar-refractivity contribution is 7.90. The predicted molar refractivity (Wildman–Crippen MR) is 77.0 cm³/mol. The largest absolute Gasteiger partial charge is 0.351 e. The van der Waals surface area contributed by atoms with E-state index in [2.05, 4.69) is 5.32 Å². The Morgan fingerprint density at radius 2 is 1.60 bits per heavy atom. The summed E-state index contributed by atoms with van der Waals surface area (Å²) in [5.74, 6) is -0.134. The molecule has 0 atom stereocenters. The minimum Gasteiger partial charge on any atom is -0.351 e. The average molecular weight is 290 g/mol. The van der Waals surface area contributed by atoms with Gasteiger partial charge >= 0.3 is 6.03 Å². The number of carbonyl (C=O) groups is 1. The smallest absolute Gasteiger partial charge is 0.316 e. The van der Waals surface area contributed by atoms with Crippen molar-refractivity contribution in [1.29, 1.82) is 0 Å². The van der Waals surface area contributed by atoms with E-state index in [1.54, 1.807) is 36.4 Å². The first kappa shape index (κ1) is 14.1. The van der Waals surface area contributed by atoms with E-state index in [1.165, 1.54) is 12.1 Å². The van der Waals surface area contributed by atoms with Gasteiger partial charge in [0.05, 0.1) is 16.3 Å². The van der Waals surface area contributed by atoms with Gasteiger partial charge in [-0.2, -0.15) is 0 Å². The summed E-state index contributed by atoms with van der Waals surface area (Å²) in [4.78, 5) is 11.0. The second-order valence-corrected chi connectivity index (χ2v) is 6.19. The van der Waals surface area contributed by atoms with Gasteiger partial charge in [-0.1, -0.05) is 42.5 Å². The van der Waals surface area contributed by atoms with Gasteiger partial charge in [-0.3, -0.25) is 0 Å². The van der Waals surface area contributed by atoms with Crippen molar-refractivity contribution >= 4 is 21.6 Å². The summed E-state index contributed by atoms with van der Waals surface area (Å²) in [6.45, 7) is 0. The summed E-state index contributed by atoms with van der Waals surface area (Å²) < 4.78 is 24.8. The minimum absolute atomic E-state index is 0.0580. The molecule has 2 aromatic carbocycles. The maximum atomic E-state index is 12.4. The average Bonchev–Trinajstić information content (AvgIpc) is 2.39. The lowest BCUT2D eigenvalue weighted by Gasteiger charge is -2.10. The first-order chi connectivity index (χ1) is 9.49. The molecule has 0 unspecified atom stereocenters. The number of nitrogens with one attached hydrogen (secondary N) is 1. The van der Waals surface area contributed by atoms with Crippen molar-refractivity contribution in [2.75, 3.05) is 5.32 Å². The Labute approximate surface area is 117 Å². The predicted octanol–water partition coefficient (Wildman–Crippen LogP) is 2.15. The Kier molecular flexibility index (Phi) is 4.05. The number of amides is 2. The number of urea groups is 1. The summed E-state index contributed by atoms with van der Waals surface area (Å²) in [6.07, 6.45) is 0. The van der Waals surface area contributed by atoms with E-state index in [0.717, 1.165) is 0 Å². The molecule has 6 heteroatoms. The molecule has 5 nitrogen and oxygen atoms in total.